The third-order valence-corrected chi connectivity index (χ3v) is 4.29. The first-order valence-corrected chi connectivity index (χ1v) is 7.95. The van der Waals surface area contributed by atoms with Crippen LogP contribution in [0.2, 0.25) is 0 Å². The molecule has 2 rings (SSSR count). The summed E-state index contributed by atoms with van der Waals surface area (Å²) in [4.78, 5) is 11.9. The first kappa shape index (κ1) is 14.6. The molecule has 19 heavy (non-hydrogen) atoms. The lowest BCUT2D eigenvalue weighted by Crippen LogP contribution is -2.18. The smallest absolute Gasteiger partial charge is 0.149 e. The number of rotatable bonds is 7. The van der Waals surface area contributed by atoms with Crippen LogP contribution >= 0.6 is 15.9 Å². The summed E-state index contributed by atoms with van der Waals surface area (Å²) in [5.41, 5.74) is 1.15. The molecule has 0 saturated heterocycles. The molecule has 2 unspecified atom stereocenters. The largest absolute Gasteiger partial charge is 0.491 e. The summed E-state index contributed by atoms with van der Waals surface area (Å²) >= 11 is 3.52. The molecule has 1 fully saturated rings. The van der Waals surface area contributed by atoms with Crippen molar-refractivity contribution in [3.63, 3.8) is 0 Å². The summed E-state index contributed by atoms with van der Waals surface area (Å²) in [7, 11) is 0. The highest BCUT2D eigenvalue weighted by molar-refractivity contribution is 9.10. The van der Waals surface area contributed by atoms with Gasteiger partial charge in [-0.1, -0.05) is 35.0 Å². The summed E-state index contributed by atoms with van der Waals surface area (Å²) in [6.07, 6.45) is 4.09. The van der Waals surface area contributed by atoms with Gasteiger partial charge >= 0.3 is 0 Å². The van der Waals surface area contributed by atoms with Crippen LogP contribution in [-0.4, -0.2) is 16.7 Å². The van der Waals surface area contributed by atoms with E-state index in [1.165, 1.54) is 0 Å². The highest BCUT2D eigenvalue weighted by Gasteiger charge is 2.33. The maximum Gasteiger partial charge on any atom is 0.149 e. The van der Waals surface area contributed by atoms with E-state index in [9.17, 15) is 4.79 Å². The number of benzene rings is 1. The molecule has 0 aliphatic heterocycles. The third kappa shape index (κ3) is 4.34. The quantitative estimate of drug-likeness (QED) is 0.704. The fourth-order valence-corrected chi connectivity index (χ4v) is 2.74. The average Bonchev–Trinajstić information content (AvgIpc) is 3.22. The normalized spacial score (nSPS) is 17.8. The van der Waals surface area contributed by atoms with Crippen molar-refractivity contribution in [1.29, 1.82) is 0 Å². The minimum absolute atomic E-state index is 0.0566. The van der Waals surface area contributed by atoms with Crippen molar-refractivity contribution in [3.05, 3.63) is 29.8 Å². The molecule has 1 aromatic carbocycles. The second-order valence-electron chi connectivity index (χ2n) is 5.33. The van der Waals surface area contributed by atoms with Gasteiger partial charge < -0.3 is 4.74 Å². The predicted octanol–water partition coefficient (Wildman–Crippen LogP) is 4.15. The van der Waals surface area contributed by atoms with Crippen LogP contribution < -0.4 is 4.74 Å². The van der Waals surface area contributed by atoms with E-state index in [-0.39, 0.29) is 10.9 Å². The predicted molar refractivity (Wildman–Crippen MR) is 81.0 cm³/mol. The van der Waals surface area contributed by atoms with Crippen molar-refractivity contribution in [1.82, 2.24) is 0 Å². The first-order chi connectivity index (χ1) is 9.10. The molecule has 0 radical (unpaired) electrons. The summed E-state index contributed by atoms with van der Waals surface area (Å²) in [6.45, 7) is 4.17. The number of hydrogen-bond acceptors (Lipinski definition) is 2. The highest BCUT2D eigenvalue weighted by atomic mass is 79.9. The molecule has 2 atom stereocenters. The zero-order chi connectivity index (χ0) is 13.8. The van der Waals surface area contributed by atoms with Gasteiger partial charge in [-0.3, -0.25) is 4.79 Å². The minimum Gasteiger partial charge on any atom is -0.491 e. The number of ketones is 1. The summed E-state index contributed by atoms with van der Waals surface area (Å²) < 4.78 is 5.81. The highest BCUT2D eigenvalue weighted by Crippen LogP contribution is 2.33. The lowest BCUT2D eigenvalue weighted by Gasteiger charge is -2.14. The number of carbonyl (C=O) groups excluding carboxylic acids is 1. The molecule has 0 N–H and O–H groups in total. The van der Waals surface area contributed by atoms with Gasteiger partial charge in [0.1, 0.15) is 11.5 Å². The number of halogens is 1. The first-order valence-electron chi connectivity index (χ1n) is 7.03. The Morgan fingerprint density at radius 3 is 2.84 bits per heavy atom. The molecular formula is C16H21BrO2. The number of Topliss-reactive ketones (excluding diaryl/α,β-unsaturated/α-hetero) is 1. The lowest BCUT2D eigenvalue weighted by molar-refractivity contribution is -0.119. The maximum atomic E-state index is 11.9. The monoisotopic (exact) mass is 324 g/mol. The Morgan fingerprint density at radius 2 is 2.21 bits per heavy atom. The third-order valence-electron chi connectivity index (χ3n) is 3.51. The van der Waals surface area contributed by atoms with Crippen molar-refractivity contribution < 1.29 is 9.53 Å². The van der Waals surface area contributed by atoms with Crippen LogP contribution in [0.3, 0.4) is 0 Å². The molecule has 0 bridgehead atoms. The van der Waals surface area contributed by atoms with Crippen LogP contribution in [0.25, 0.3) is 0 Å². The van der Waals surface area contributed by atoms with Crippen LogP contribution in [0.5, 0.6) is 5.75 Å². The topological polar surface area (TPSA) is 26.3 Å². The molecule has 104 valence electrons. The van der Waals surface area contributed by atoms with Crippen LogP contribution in [-0.2, 0) is 11.2 Å². The Balaban J connectivity index is 1.96. The molecule has 1 aliphatic rings. The van der Waals surface area contributed by atoms with E-state index >= 15 is 0 Å². The Kier molecular flexibility index (Phi) is 5.03. The molecule has 2 nitrogen and oxygen atoms in total. The zero-order valence-corrected chi connectivity index (χ0v) is 13.2. The lowest BCUT2D eigenvalue weighted by atomic mass is 10.1. The van der Waals surface area contributed by atoms with Gasteiger partial charge in [0.05, 0.1) is 10.9 Å². The van der Waals surface area contributed by atoms with Gasteiger partial charge in [-0.2, -0.15) is 0 Å². The van der Waals surface area contributed by atoms with Crippen LogP contribution in [0.15, 0.2) is 24.3 Å². The van der Waals surface area contributed by atoms with Gasteiger partial charge in [0.25, 0.3) is 0 Å². The molecule has 1 aromatic rings. The van der Waals surface area contributed by atoms with Crippen LogP contribution in [0.4, 0.5) is 0 Å². The van der Waals surface area contributed by atoms with Crippen LogP contribution in [0, 0.1) is 5.92 Å². The van der Waals surface area contributed by atoms with Gasteiger partial charge in [0, 0.05) is 5.92 Å². The van der Waals surface area contributed by atoms with Gasteiger partial charge in [-0.25, -0.2) is 0 Å². The second-order valence-corrected chi connectivity index (χ2v) is 6.44. The molecule has 0 amide bonds. The maximum absolute atomic E-state index is 11.9. The number of hydrogen-bond donors (Lipinski definition) is 0. The van der Waals surface area contributed by atoms with Gasteiger partial charge in [-0.05, 0) is 50.3 Å². The Labute approximate surface area is 123 Å². The summed E-state index contributed by atoms with van der Waals surface area (Å²) in [5, 5.41) is 0. The van der Waals surface area contributed by atoms with E-state index in [2.05, 4.69) is 35.8 Å². The number of ether oxygens (including phenoxy) is 1. The molecule has 0 spiro atoms. The summed E-state index contributed by atoms with van der Waals surface area (Å²) in [6, 6.07) is 8.06. The van der Waals surface area contributed by atoms with E-state index in [0.717, 1.165) is 37.0 Å². The molecule has 0 heterocycles. The Hall–Kier alpha value is -0.830. The zero-order valence-electron chi connectivity index (χ0n) is 11.6. The second kappa shape index (κ2) is 6.56. The molecule has 1 aliphatic carbocycles. The average molecular weight is 325 g/mol. The standard InChI is InChI=1S/C16H21BrO2/c1-3-11(2)19-14-6-4-5-12(9-14)10-15(17)16(18)13-7-8-13/h4-6,9,11,13,15H,3,7-8,10H2,1-2H3. The molecule has 1 saturated carbocycles. The summed E-state index contributed by atoms with van der Waals surface area (Å²) in [5.74, 6) is 1.56. The van der Waals surface area contributed by atoms with E-state index in [0.29, 0.717) is 11.7 Å². The molecule has 3 heteroatoms. The van der Waals surface area contributed by atoms with Crippen molar-refractivity contribution >= 4 is 21.7 Å². The van der Waals surface area contributed by atoms with Gasteiger partial charge in [0.15, 0.2) is 0 Å². The minimum atomic E-state index is -0.0566. The number of carbonyl (C=O) groups is 1. The van der Waals surface area contributed by atoms with Gasteiger partial charge in [-0.15, -0.1) is 0 Å². The Bertz CT molecular complexity index is 440. The molecular weight excluding hydrogens is 304 g/mol. The Morgan fingerprint density at radius 1 is 1.47 bits per heavy atom. The van der Waals surface area contributed by atoms with Crippen molar-refractivity contribution in [2.24, 2.45) is 5.92 Å². The van der Waals surface area contributed by atoms with E-state index in [4.69, 9.17) is 4.74 Å². The van der Waals surface area contributed by atoms with E-state index in [1.807, 2.05) is 18.2 Å². The van der Waals surface area contributed by atoms with E-state index < -0.39 is 0 Å². The fraction of sp³-hybridized carbons (Fsp3) is 0.562. The van der Waals surface area contributed by atoms with Crippen molar-refractivity contribution in [3.8, 4) is 5.75 Å². The van der Waals surface area contributed by atoms with E-state index in [1.54, 1.807) is 0 Å². The fourth-order valence-electron chi connectivity index (χ4n) is 1.99. The number of alkyl halides is 1. The SMILES string of the molecule is CCC(C)Oc1cccc(CC(Br)C(=O)C2CC2)c1. The van der Waals surface area contributed by atoms with Gasteiger partial charge in [0.2, 0.25) is 0 Å². The van der Waals surface area contributed by atoms with Crippen LogP contribution in [0.1, 0.15) is 38.7 Å². The van der Waals surface area contributed by atoms with Crippen molar-refractivity contribution in [2.45, 2.75) is 50.5 Å². The molecule has 0 aromatic heterocycles. The van der Waals surface area contributed by atoms with Crippen molar-refractivity contribution in [2.75, 3.05) is 0 Å².